The molecule has 0 spiro atoms. The fraction of sp³-hybridized carbons (Fsp3) is 0.529. The van der Waals surface area contributed by atoms with Crippen LogP contribution in [0.3, 0.4) is 0 Å². The lowest BCUT2D eigenvalue weighted by molar-refractivity contribution is -0.134. The molecule has 1 heterocycles. The molecule has 1 aromatic carbocycles. The maximum Gasteiger partial charge on any atom is 0.260 e. The van der Waals surface area contributed by atoms with E-state index in [1.165, 1.54) is 6.92 Å². The van der Waals surface area contributed by atoms with Gasteiger partial charge in [0, 0.05) is 24.7 Å². The number of hydrogen-bond acceptors (Lipinski definition) is 4. The van der Waals surface area contributed by atoms with E-state index in [-0.39, 0.29) is 24.3 Å². The first kappa shape index (κ1) is 16.5. The molecule has 1 atom stereocenters. The molecule has 2 rings (SSSR count). The number of likely N-dealkylation sites (tertiary alicyclic amines) is 1. The largest absolute Gasteiger partial charge is 0.484 e. The summed E-state index contributed by atoms with van der Waals surface area (Å²) in [5.74, 6) is 1.01. The molecule has 1 aliphatic heterocycles. The van der Waals surface area contributed by atoms with Crippen LogP contribution in [0.5, 0.6) is 5.75 Å². The molecule has 2 N–H and O–H groups in total. The number of rotatable bonds is 5. The van der Waals surface area contributed by atoms with Crippen LogP contribution >= 0.6 is 0 Å². The van der Waals surface area contributed by atoms with Crippen molar-refractivity contribution < 1.29 is 14.3 Å². The topological polar surface area (TPSA) is 72.6 Å². The van der Waals surface area contributed by atoms with E-state index in [1.807, 2.05) is 11.8 Å². The average Bonchev–Trinajstić information content (AvgIpc) is 2.53. The molecule has 0 saturated carbocycles. The third-order valence-electron chi connectivity index (χ3n) is 4.24. The Morgan fingerprint density at radius 1 is 1.36 bits per heavy atom. The Morgan fingerprint density at radius 3 is 2.64 bits per heavy atom. The number of nitrogens with zero attached hydrogens (tertiary/aromatic N) is 1. The number of ketones is 1. The van der Waals surface area contributed by atoms with Gasteiger partial charge in [0.2, 0.25) is 0 Å². The monoisotopic (exact) mass is 304 g/mol. The van der Waals surface area contributed by atoms with Crippen molar-refractivity contribution >= 4 is 11.7 Å². The molecule has 1 aliphatic rings. The van der Waals surface area contributed by atoms with Crippen molar-refractivity contribution in [3.8, 4) is 5.75 Å². The maximum absolute atomic E-state index is 12.2. The molecule has 1 fully saturated rings. The zero-order valence-corrected chi connectivity index (χ0v) is 13.2. The van der Waals surface area contributed by atoms with Gasteiger partial charge in [-0.3, -0.25) is 9.59 Å². The Hall–Kier alpha value is -1.88. The second-order valence-electron chi connectivity index (χ2n) is 5.95. The van der Waals surface area contributed by atoms with E-state index in [1.54, 1.807) is 24.3 Å². The lowest BCUT2D eigenvalue weighted by Crippen LogP contribution is -2.44. The Bertz CT molecular complexity index is 534. The summed E-state index contributed by atoms with van der Waals surface area (Å²) in [4.78, 5) is 25.3. The number of piperidine rings is 1. The molecular weight excluding hydrogens is 280 g/mol. The molecule has 0 aliphatic carbocycles. The van der Waals surface area contributed by atoms with Crippen molar-refractivity contribution in [2.45, 2.75) is 32.7 Å². The molecule has 1 unspecified atom stereocenters. The maximum atomic E-state index is 12.2. The van der Waals surface area contributed by atoms with Gasteiger partial charge >= 0.3 is 0 Å². The van der Waals surface area contributed by atoms with E-state index in [2.05, 4.69) is 0 Å². The summed E-state index contributed by atoms with van der Waals surface area (Å²) in [6.07, 6.45) is 1.90. The normalized spacial score (nSPS) is 17.1. The second kappa shape index (κ2) is 7.40. The number of Topliss-reactive ketones (excluding diaryl/α,β-unsaturated/α-hetero) is 1. The van der Waals surface area contributed by atoms with E-state index in [9.17, 15) is 9.59 Å². The van der Waals surface area contributed by atoms with Gasteiger partial charge in [0.15, 0.2) is 12.4 Å². The van der Waals surface area contributed by atoms with Crippen molar-refractivity contribution in [2.24, 2.45) is 11.7 Å². The lowest BCUT2D eigenvalue weighted by atomic mass is 9.91. The molecule has 1 saturated heterocycles. The van der Waals surface area contributed by atoms with Gasteiger partial charge in [-0.25, -0.2) is 0 Å². The molecule has 1 aromatic rings. The Balaban J connectivity index is 1.83. The molecule has 0 aromatic heterocycles. The van der Waals surface area contributed by atoms with Crippen LogP contribution < -0.4 is 10.5 Å². The Labute approximate surface area is 131 Å². The molecular formula is C17H24N2O3. The summed E-state index contributed by atoms with van der Waals surface area (Å²) >= 11 is 0. The van der Waals surface area contributed by atoms with Gasteiger partial charge in [-0.1, -0.05) is 12.1 Å². The number of ether oxygens (including phenoxy) is 1. The van der Waals surface area contributed by atoms with Gasteiger partial charge in [0.1, 0.15) is 5.75 Å². The van der Waals surface area contributed by atoms with Crippen LogP contribution in [0.4, 0.5) is 0 Å². The molecule has 0 bridgehead atoms. The van der Waals surface area contributed by atoms with E-state index in [0.29, 0.717) is 17.2 Å². The lowest BCUT2D eigenvalue weighted by Gasteiger charge is -2.33. The SMILES string of the molecule is CC(=O)c1cccc(OCC(=O)N2CCC(C(C)N)CC2)c1. The van der Waals surface area contributed by atoms with Crippen LogP contribution in [0, 0.1) is 5.92 Å². The van der Waals surface area contributed by atoms with Gasteiger partial charge in [0.05, 0.1) is 0 Å². The smallest absolute Gasteiger partial charge is 0.260 e. The fourth-order valence-electron chi connectivity index (χ4n) is 2.72. The predicted octanol–water partition coefficient (Wildman–Crippen LogP) is 1.85. The molecule has 22 heavy (non-hydrogen) atoms. The number of carbonyl (C=O) groups excluding carboxylic acids is 2. The van der Waals surface area contributed by atoms with Crippen LogP contribution in [-0.4, -0.2) is 42.3 Å². The van der Waals surface area contributed by atoms with Gasteiger partial charge in [-0.15, -0.1) is 0 Å². The van der Waals surface area contributed by atoms with Gasteiger partial charge in [0.25, 0.3) is 5.91 Å². The summed E-state index contributed by atoms with van der Waals surface area (Å²) in [6, 6.07) is 7.09. The zero-order valence-electron chi connectivity index (χ0n) is 13.2. The van der Waals surface area contributed by atoms with Crippen LogP contribution in [0.25, 0.3) is 0 Å². The van der Waals surface area contributed by atoms with Crippen molar-refractivity contribution in [3.63, 3.8) is 0 Å². The highest BCUT2D eigenvalue weighted by atomic mass is 16.5. The summed E-state index contributed by atoms with van der Waals surface area (Å²) in [5.41, 5.74) is 6.49. The molecule has 5 heteroatoms. The first-order chi connectivity index (χ1) is 10.5. The van der Waals surface area contributed by atoms with Crippen molar-refractivity contribution in [3.05, 3.63) is 29.8 Å². The van der Waals surface area contributed by atoms with E-state index < -0.39 is 0 Å². The van der Waals surface area contributed by atoms with E-state index in [0.717, 1.165) is 25.9 Å². The van der Waals surface area contributed by atoms with Gasteiger partial charge in [-0.2, -0.15) is 0 Å². The summed E-state index contributed by atoms with van der Waals surface area (Å²) in [6.45, 7) is 5.01. The number of benzene rings is 1. The number of carbonyl (C=O) groups is 2. The standard InChI is InChI=1S/C17H24N2O3/c1-12(18)14-6-8-19(9-7-14)17(21)11-22-16-5-3-4-15(10-16)13(2)20/h3-5,10,12,14H,6-9,11,18H2,1-2H3. The Kier molecular flexibility index (Phi) is 5.55. The fourth-order valence-corrected chi connectivity index (χ4v) is 2.72. The highest BCUT2D eigenvalue weighted by Gasteiger charge is 2.24. The molecule has 1 amide bonds. The summed E-state index contributed by atoms with van der Waals surface area (Å²) < 4.78 is 5.52. The summed E-state index contributed by atoms with van der Waals surface area (Å²) in [7, 11) is 0. The van der Waals surface area contributed by atoms with Crippen molar-refractivity contribution in [2.75, 3.05) is 19.7 Å². The molecule has 5 nitrogen and oxygen atoms in total. The average molecular weight is 304 g/mol. The van der Waals surface area contributed by atoms with E-state index in [4.69, 9.17) is 10.5 Å². The van der Waals surface area contributed by atoms with E-state index >= 15 is 0 Å². The first-order valence-electron chi connectivity index (χ1n) is 7.74. The molecule has 120 valence electrons. The second-order valence-corrected chi connectivity index (χ2v) is 5.95. The highest BCUT2D eigenvalue weighted by Crippen LogP contribution is 2.20. The van der Waals surface area contributed by atoms with Gasteiger partial charge < -0.3 is 15.4 Å². The van der Waals surface area contributed by atoms with Crippen LogP contribution in [0.15, 0.2) is 24.3 Å². The number of hydrogen-bond donors (Lipinski definition) is 1. The summed E-state index contributed by atoms with van der Waals surface area (Å²) in [5, 5.41) is 0. The van der Waals surface area contributed by atoms with Crippen molar-refractivity contribution in [1.82, 2.24) is 4.90 Å². The minimum Gasteiger partial charge on any atom is -0.484 e. The Morgan fingerprint density at radius 2 is 2.05 bits per heavy atom. The minimum atomic E-state index is -0.0187. The quantitative estimate of drug-likeness (QED) is 0.843. The third kappa shape index (κ3) is 4.31. The van der Waals surface area contributed by atoms with Crippen molar-refractivity contribution in [1.29, 1.82) is 0 Å². The first-order valence-corrected chi connectivity index (χ1v) is 7.74. The molecule has 0 radical (unpaired) electrons. The predicted molar refractivity (Wildman–Crippen MR) is 84.9 cm³/mol. The third-order valence-corrected chi connectivity index (χ3v) is 4.24. The minimum absolute atomic E-state index is 0.00417. The van der Waals surface area contributed by atoms with Crippen LogP contribution in [0.2, 0.25) is 0 Å². The number of amides is 1. The number of nitrogens with two attached hydrogens (primary N) is 1. The van der Waals surface area contributed by atoms with Gasteiger partial charge in [-0.05, 0) is 44.7 Å². The highest BCUT2D eigenvalue weighted by molar-refractivity contribution is 5.94. The zero-order chi connectivity index (χ0) is 16.1. The van der Waals surface area contributed by atoms with Crippen LogP contribution in [-0.2, 0) is 4.79 Å². The van der Waals surface area contributed by atoms with Crippen LogP contribution in [0.1, 0.15) is 37.0 Å².